The monoisotopic (exact) mass is 237 g/mol. The van der Waals surface area contributed by atoms with E-state index in [-0.39, 0.29) is 5.69 Å². The first-order valence-electron chi connectivity index (χ1n) is 5.53. The molecule has 0 amide bonds. The Hall–Kier alpha value is -2.60. The minimum atomic E-state index is -0.415. The van der Waals surface area contributed by atoms with Crippen molar-refractivity contribution in [2.45, 2.75) is 6.42 Å². The molecule has 0 aliphatic heterocycles. The SMILES string of the molecule is O=[N+]([O-])c1ccc(C#CCc2ccccc2)cc1. The third-order valence-corrected chi connectivity index (χ3v) is 2.45. The number of non-ortho nitro benzene ring substituents is 1. The lowest BCUT2D eigenvalue weighted by Gasteiger charge is -1.92. The molecule has 0 saturated carbocycles. The van der Waals surface area contributed by atoms with Gasteiger partial charge in [-0.05, 0) is 17.7 Å². The van der Waals surface area contributed by atoms with E-state index in [2.05, 4.69) is 11.8 Å². The second-order valence-corrected chi connectivity index (χ2v) is 3.77. The van der Waals surface area contributed by atoms with E-state index >= 15 is 0 Å². The molecular formula is C15H11NO2. The van der Waals surface area contributed by atoms with Crippen molar-refractivity contribution in [1.82, 2.24) is 0 Å². The molecule has 0 bridgehead atoms. The van der Waals surface area contributed by atoms with Gasteiger partial charge in [-0.3, -0.25) is 10.1 Å². The van der Waals surface area contributed by atoms with Crippen LogP contribution in [0.4, 0.5) is 5.69 Å². The van der Waals surface area contributed by atoms with Gasteiger partial charge in [-0.25, -0.2) is 0 Å². The fourth-order valence-corrected chi connectivity index (χ4v) is 1.51. The van der Waals surface area contributed by atoms with Gasteiger partial charge >= 0.3 is 0 Å². The van der Waals surface area contributed by atoms with Crippen LogP contribution in [0.5, 0.6) is 0 Å². The first-order valence-corrected chi connectivity index (χ1v) is 5.53. The quantitative estimate of drug-likeness (QED) is 0.457. The molecule has 0 spiro atoms. The predicted molar refractivity (Wildman–Crippen MR) is 70.1 cm³/mol. The second-order valence-electron chi connectivity index (χ2n) is 3.77. The molecule has 0 radical (unpaired) electrons. The van der Waals surface area contributed by atoms with Gasteiger partial charge in [-0.2, -0.15) is 0 Å². The van der Waals surface area contributed by atoms with Crippen molar-refractivity contribution in [3.8, 4) is 11.8 Å². The van der Waals surface area contributed by atoms with E-state index in [0.717, 1.165) is 11.1 Å². The minimum Gasteiger partial charge on any atom is -0.258 e. The van der Waals surface area contributed by atoms with Crippen LogP contribution in [0.3, 0.4) is 0 Å². The number of nitro benzene ring substituents is 1. The zero-order valence-electron chi connectivity index (χ0n) is 9.67. The largest absolute Gasteiger partial charge is 0.269 e. The second kappa shape index (κ2) is 5.65. The maximum atomic E-state index is 10.5. The molecule has 0 heterocycles. The standard InChI is InChI=1S/C15H11NO2/c17-16(18)15-11-9-14(10-12-15)8-4-7-13-5-2-1-3-6-13/h1-3,5-6,9-12H,7H2. The van der Waals surface area contributed by atoms with Gasteiger partial charge in [0, 0.05) is 24.1 Å². The van der Waals surface area contributed by atoms with Crippen LogP contribution < -0.4 is 0 Å². The molecule has 0 aromatic heterocycles. The molecule has 0 fully saturated rings. The van der Waals surface area contributed by atoms with Crippen LogP contribution in [0, 0.1) is 22.0 Å². The van der Waals surface area contributed by atoms with Crippen molar-refractivity contribution >= 4 is 5.69 Å². The molecule has 0 unspecified atom stereocenters. The Labute approximate surface area is 105 Å². The Bertz CT molecular complexity index is 592. The highest BCUT2D eigenvalue weighted by atomic mass is 16.6. The molecule has 2 aromatic rings. The van der Waals surface area contributed by atoms with Gasteiger partial charge in [0.1, 0.15) is 0 Å². The van der Waals surface area contributed by atoms with Gasteiger partial charge in [0.05, 0.1) is 4.92 Å². The average Bonchev–Trinajstić information content (AvgIpc) is 2.40. The van der Waals surface area contributed by atoms with E-state index in [0.29, 0.717) is 6.42 Å². The smallest absolute Gasteiger partial charge is 0.258 e. The van der Waals surface area contributed by atoms with E-state index in [9.17, 15) is 10.1 Å². The Morgan fingerprint density at radius 2 is 1.67 bits per heavy atom. The fraction of sp³-hybridized carbons (Fsp3) is 0.0667. The van der Waals surface area contributed by atoms with Crippen molar-refractivity contribution in [2.24, 2.45) is 0 Å². The van der Waals surface area contributed by atoms with Gasteiger partial charge in [-0.1, -0.05) is 42.2 Å². The van der Waals surface area contributed by atoms with Crippen LogP contribution in [-0.2, 0) is 6.42 Å². The fourth-order valence-electron chi connectivity index (χ4n) is 1.51. The Balaban J connectivity index is 2.04. The molecule has 88 valence electrons. The molecule has 0 saturated heterocycles. The summed E-state index contributed by atoms with van der Waals surface area (Å²) in [7, 11) is 0. The van der Waals surface area contributed by atoms with Crippen LogP contribution >= 0.6 is 0 Å². The lowest BCUT2D eigenvalue weighted by molar-refractivity contribution is -0.384. The van der Waals surface area contributed by atoms with Crippen molar-refractivity contribution < 1.29 is 4.92 Å². The minimum absolute atomic E-state index is 0.0867. The van der Waals surface area contributed by atoms with Crippen molar-refractivity contribution in [2.75, 3.05) is 0 Å². The average molecular weight is 237 g/mol. The summed E-state index contributed by atoms with van der Waals surface area (Å²) in [5.41, 5.74) is 2.03. The molecule has 3 nitrogen and oxygen atoms in total. The maximum absolute atomic E-state index is 10.5. The summed E-state index contributed by atoms with van der Waals surface area (Å²) < 4.78 is 0. The van der Waals surface area contributed by atoms with Crippen LogP contribution in [-0.4, -0.2) is 4.92 Å². The summed E-state index contributed by atoms with van der Waals surface area (Å²) in [6.07, 6.45) is 0.678. The Kier molecular flexibility index (Phi) is 3.72. The lowest BCUT2D eigenvalue weighted by atomic mass is 10.1. The van der Waals surface area contributed by atoms with Crippen LogP contribution in [0.1, 0.15) is 11.1 Å². The van der Waals surface area contributed by atoms with Gasteiger partial charge in [-0.15, -0.1) is 0 Å². The van der Waals surface area contributed by atoms with Gasteiger partial charge in [0.2, 0.25) is 0 Å². The molecule has 3 heteroatoms. The first kappa shape index (κ1) is 11.9. The lowest BCUT2D eigenvalue weighted by Crippen LogP contribution is -1.87. The number of nitro groups is 1. The van der Waals surface area contributed by atoms with Crippen LogP contribution in [0.25, 0.3) is 0 Å². The molecule has 0 aliphatic rings. The highest BCUT2D eigenvalue weighted by Crippen LogP contribution is 2.11. The molecule has 2 aromatic carbocycles. The van der Waals surface area contributed by atoms with Crippen molar-refractivity contribution in [1.29, 1.82) is 0 Å². The molecule has 18 heavy (non-hydrogen) atoms. The van der Waals surface area contributed by atoms with E-state index in [4.69, 9.17) is 0 Å². The summed E-state index contributed by atoms with van der Waals surface area (Å²) in [5, 5.41) is 10.5. The number of benzene rings is 2. The zero-order chi connectivity index (χ0) is 12.8. The van der Waals surface area contributed by atoms with E-state index in [1.54, 1.807) is 12.1 Å². The first-order chi connectivity index (χ1) is 8.75. The topological polar surface area (TPSA) is 43.1 Å². The van der Waals surface area contributed by atoms with E-state index < -0.39 is 4.92 Å². The van der Waals surface area contributed by atoms with E-state index in [1.165, 1.54) is 12.1 Å². The zero-order valence-corrected chi connectivity index (χ0v) is 9.67. The van der Waals surface area contributed by atoms with Crippen molar-refractivity contribution in [3.05, 3.63) is 75.8 Å². The number of hydrogen-bond donors (Lipinski definition) is 0. The number of rotatable bonds is 2. The number of nitrogens with zero attached hydrogens (tertiary/aromatic N) is 1. The summed E-state index contributed by atoms with van der Waals surface area (Å²) >= 11 is 0. The molecule has 0 atom stereocenters. The maximum Gasteiger partial charge on any atom is 0.269 e. The molecule has 2 rings (SSSR count). The summed E-state index contributed by atoms with van der Waals surface area (Å²) in [5.74, 6) is 6.03. The van der Waals surface area contributed by atoms with Crippen LogP contribution in [0.15, 0.2) is 54.6 Å². The highest BCUT2D eigenvalue weighted by Gasteiger charge is 2.01. The Morgan fingerprint density at radius 3 is 2.28 bits per heavy atom. The normalized spacial score (nSPS) is 9.33. The molecule has 0 N–H and O–H groups in total. The Morgan fingerprint density at radius 1 is 1.00 bits per heavy atom. The van der Waals surface area contributed by atoms with E-state index in [1.807, 2.05) is 30.3 Å². The molecule has 0 aliphatic carbocycles. The van der Waals surface area contributed by atoms with Crippen molar-refractivity contribution in [3.63, 3.8) is 0 Å². The third kappa shape index (κ3) is 3.19. The highest BCUT2D eigenvalue weighted by molar-refractivity contribution is 5.41. The third-order valence-electron chi connectivity index (χ3n) is 2.45. The van der Waals surface area contributed by atoms with Crippen LogP contribution in [0.2, 0.25) is 0 Å². The van der Waals surface area contributed by atoms with Gasteiger partial charge in [0.25, 0.3) is 5.69 Å². The van der Waals surface area contributed by atoms with Gasteiger partial charge < -0.3 is 0 Å². The predicted octanol–water partition coefficient (Wildman–Crippen LogP) is 3.19. The van der Waals surface area contributed by atoms with Gasteiger partial charge in [0.15, 0.2) is 0 Å². The number of hydrogen-bond acceptors (Lipinski definition) is 2. The summed E-state index contributed by atoms with van der Waals surface area (Å²) in [4.78, 5) is 10.1. The summed E-state index contributed by atoms with van der Waals surface area (Å²) in [6, 6.07) is 16.2. The summed E-state index contributed by atoms with van der Waals surface area (Å²) in [6.45, 7) is 0. The molecular weight excluding hydrogens is 226 g/mol.